The third-order valence-electron chi connectivity index (χ3n) is 5.82. The smallest absolute Gasteiger partial charge is 0.282 e. The largest absolute Gasteiger partial charge is 0.366 e. The summed E-state index contributed by atoms with van der Waals surface area (Å²) in [6, 6.07) is 17.3. The van der Waals surface area contributed by atoms with Gasteiger partial charge in [-0.2, -0.15) is 0 Å². The monoisotopic (exact) mass is 374 g/mol. The molecule has 0 atom stereocenters. The predicted octanol–water partition coefficient (Wildman–Crippen LogP) is 4.27. The molecule has 0 N–H and O–H groups in total. The first-order valence-electron chi connectivity index (χ1n) is 10.1. The summed E-state index contributed by atoms with van der Waals surface area (Å²) in [5.41, 5.74) is 3.72. The summed E-state index contributed by atoms with van der Waals surface area (Å²) < 4.78 is 0. The van der Waals surface area contributed by atoms with Crippen LogP contribution in [0.4, 0.5) is 5.69 Å². The average Bonchev–Trinajstić information content (AvgIpc) is 2.99. The van der Waals surface area contributed by atoms with Gasteiger partial charge < -0.3 is 4.90 Å². The lowest BCUT2D eigenvalue weighted by Crippen LogP contribution is -2.38. The summed E-state index contributed by atoms with van der Waals surface area (Å²) in [6.07, 6.45) is 3.00. The molecule has 2 aliphatic rings. The summed E-state index contributed by atoms with van der Waals surface area (Å²) in [6.45, 7) is 5.96. The van der Waals surface area contributed by atoms with E-state index in [-0.39, 0.29) is 11.8 Å². The van der Waals surface area contributed by atoms with Crippen LogP contribution < -0.4 is 4.90 Å². The van der Waals surface area contributed by atoms with Crippen LogP contribution in [0.1, 0.15) is 37.8 Å². The minimum absolute atomic E-state index is 0.206. The number of benzene rings is 2. The molecule has 2 amide bonds. The Balaban J connectivity index is 1.76. The van der Waals surface area contributed by atoms with Crippen LogP contribution in [0, 0.1) is 5.92 Å². The van der Waals surface area contributed by atoms with Crippen LogP contribution in [0.25, 0.3) is 5.57 Å². The molecule has 4 nitrogen and oxygen atoms in total. The Bertz CT molecular complexity index is 907. The number of hydrogen-bond acceptors (Lipinski definition) is 3. The second-order valence-electron chi connectivity index (χ2n) is 7.72. The van der Waals surface area contributed by atoms with Gasteiger partial charge in [-0.25, -0.2) is 4.90 Å². The van der Waals surface area contributed by atoms with E-state index in [0.717, 1.165) is 37.9 Å². The fourth-order valence-electron chi connectivity index (χ4n) is 4.02. The Labute approximate surface area is 166 Å². The average molecular weight is 374 g/mol. The van der Waals surface area contributed by atoms with Crippen molar-refractivity contribution in [2.45, 2.75) is 33.1 Å². The van der Waals surface area contributed by atoms with Gasteiger partial charge in [0.1, 0.15) is 5.70 Å². The van der Waals surface area contributed by atoms with Gasteiger partial charge >= 0.3 is 0 Å². The maximum atomic E-state index is 13.4. The SMILES string of the molecule is CCc1ccc(N2C(=O)C(c3ccccc3)=C(N3CCC(C)CC3)C2=O)cc1. The molecule has 0 saturated carbocycles. The van der Waals surface area contributed by atoms with Gasteiger partial charge in [0.05, 0.1) is 11.3 Å². The number of carbonyl (C=O) groups is 2. The maximum Gasteiger partial charge on any atom is 0.282 e. The normalized spacial score (nSPS) is 18.4. The van der Waals surface area contributed by atoms with Gasteiger partial charge in [-0.1, -0.05) is 56.3 Å². The van der Waals surface area contributed by atoms with Crippen LogP contribution in [0.2, 0.25) is 0 Å². The summed E-state index contributed by atoms with van der Waals surface area (Å²) in [7, 11) is 0. The highest BCUT2D eigenvalue weighted by molar-refractivity contribution is 6.45. The van der Waals surface area contributed by atoms with E-state index < -0.39 is 0 Å². The molecule has 0 aromatic heterocycles. The Morgan fingerprint density at radius 3 is 2.14 bits per heavy atom. The molecule has 0 radical (unpaired) electrons. The van der Waals surface area contributed by atoms with E-state index in [4.69, 9.17) is 0 Å². The van der Waals surface area contributed by atoms with E-state index in [1.807, 2.05) is 54.6 Å². The van der Waals surface area contributed by atoms with Crippen molar-refractivity contribution in [2.75, 3.05) is 18.0 Å². The topological polar surface area (TPSA) is 40.6 Å². The highest BCUT2D eigenvalue weighted by Crippen LogP contribution is 2.36. The predicted molar refractivity (Wildman–Crippen MR) is 112 cm³/mol. The number of anilines is 1. The molecule has 2 aromatic rings. The molecule has 4 rings (SSSR count). The molecular formula is C24H26N2O2. The van der Waals surface area contributed by atoms with E-state index >= 15 is 0 Å². The van der Waals surface area contributed by atoms with E-state index in [1.54, 1.807) is 0 Å². The van der Waals surface area contributed by atoms with Gasteiger partial charge in [-0.05, 0) is 48.4 Å². The van der Waals surface area contributed by atoms with E-state index in [0.29, 0.717) is 22.9 Å². The van der Waals surface area contributed by atoms with Gasteiger partial charge in [-0.3, -0.25) is 9.59 Å². The van der Waals surface area contributed by atoms with Crippen molar-refractivity contribution in [3.05, 3.63) is 71.4 Å². The van der Waals surface area contributed by atoms with Crippen LogP contribution in [0.5, 0.6) is 0 Å². The summed E-state index contributed by atoms with van der Waals surface area (Å²) in [5.74, 6) is 0.221. The fraction of sp³-hybridized carbons (Fsp3) is 0.333. The first kappa shape index (κ1) is 18.5. The quantitative estimate of drug-likeness (QED) is 0.751. The molecule has 0 bridgehead atoms. The zero-order valence-corrected chi connectivity index (χ0v) is 16.5. The molecule has 0 spiro atoms. The summed E-state index contributed by atoms with van der Waals surface area (Å²) in [4.78, 5) is 30.3. The number of imide groups is 1. The zero-order valence-electron chi connectivity index (χ0n) is 16.5. The van der Waals surface area contributed by atoms with Gasteiger partial charge in [-0.15, -0.1) is 0 Å². The zero-order chi connectivity index (χ0) is 19.7. The Morgan fingerprint density at radius 2 is 1.54 bits per heavy atom. The lowest BCUT2D eigenvalue weighted by molar-refractivity contribution is -0.120. The molecule has 2 aliphatic heterocycles. The van der Waals surface area contributed by atoms with E-state index in [9.17, 15) is 9.59 Å². The molecule has 2 aromatic carbocycles. The van der Waals surface area contributed by atoms with Gasteiger partial charge in [0.25, 0.3) is 11.8 Å². The van der Waals surface area contributed by atoms with Crippen molar-refractivity contribution in [3.8, 4) is 0 Å². The van der Waals surface area contributed by atoms with Crippen molar-refractivity contribution >= 4 is 23.1 Å². The van der Waals surface area contributed by atoms with Crippen LogP contribution in [-0.4, -0.2) is 29.8 Å². The van der Waals surface area contributed by atoms with Crippen molar-refractivity contribution in [3.63, 3.8) is 0 Å². The maximum absolute atomic E-state index is 13.4. The second-order valence-corrected chi connectivity index (χ2v) is 7.72. The molecule has 1 saturated heterocycles. The number of piperidine rings is 1. The molecule has 4 heteroatoms. The molecule has 28 heavy (non-hydrogen) atoms. The third kappa shape index (κ3) is 3.24. The van der Waals surface area contributed by atoms with Crippen LogP contribution >= 0.6 is 0 Å². The Morgan fingerprint density at radius 1 is 0.893 bits per heavy atom. The Kier molecular flexibility index (Phi) is 5.03. The molecule has 0 unspecified atom stereocenters. The highest BCUT2D eigenvalue weighted by Gasteiger charge is 2.42. The van der Waals surface area contributed by atoms with E-state index in [2.05, 4.69) is 18.7 Å². The summed E-state index contributed by atoms with van der Waals surface area (Å²) >= 11 is 0. The minimum Gasteiger partial charge on any atom is -0.366 e. The number of aryl methyl sites for hydroxylation is 1. The van der Waals surface area contributed by atoms with Crippen molar-refractivity contribution in [2.24, 2.45) is 5.92 Å². The number of likely N-dealkylation sites (tertiary alicyclic amines) is 1. The van der Waals surface area contributed by atoms with Crippen molar-refractivity contribution < 1.29 is 9.59 Å². The van der Waals surface area contributed by atoms with Crippen LogP contribution in [0.3, 0.4) is 0 Å². The van der Waals surface area contributed by atoms with Gasteiger partial charge in [0.15, 0.2) is 0 Å². The lowest BCUT2D eigenvalue weighted by Gasteiger charge is -2.32. The van der Waals surface area contributed by atoms with Gasteiger partial charge in [0.2, 0.25) is 0 Å². The lowest BCUT2D eigenvalue weighted by atomic mass is 9.97. The molecule has 1 fully saturated rings. The number of rotatable bonds is 4. The fourth-order valence-corrected chi connectivity index (χ4v) is 4.02. The Hall–Kier alpha value is -2.88. The highest BCUT2D eigenvalue weighted by atomic mass is 16.2. The minimum atomic E-state index is -0.228. The van der Waals surface area contributed by atoms with Crippen LogP contribution in [0.15, 0.2) is 60.3 Å². The van der Waals surface area contributed by atoms with Crippen molar-refractivity contribution in [1.82, 2.24) is 4.90 Å². The van der Waals surface area contributed by atoms with Crippen LogP contribution in [-0.2, 0) is 16.0 Å². The molecular weight excluding hydrogens is 348 g/mol. The summed E-state index contributed by atoms with van der Waals surface area (Å²) in [5, 5.41) is 0. The number of hydrogen-bond donors (Lipinski definition) is 0. The first-order chi connectivity index (χ1) is 13.6. The van der Waals surface area contributed by atoms with E-state index in [1.165, 1.54) is 10.5 Å². The first-order valence-corrected chi connectivity index (χ1v) is 10.1. The van der Waals surface area contributed by atoms with Crippen molar-refractivity contribution in [1.29, 1.82) is 0 Å². The second kappa shape index (κ2) is 7.63. The molecule has 2 heterocycles. The molecule has 0 aliphatic carbocycles. The third-order valence-corrected chi connectivity index (χ3v) is 5.82. The number of nitrogens with zero attached hydrogens (tertiary/aromatic N) is 2. The molecule has 144 valence electrons. The van der Waals surface area contributed by atoms with Gasteiger partial charge in [0, 0.05) is 13.1 Å². The standard InChI is InChI=1S/C24H26N2O2/c1-3-18-9-11-20(12-10-18)26-23(27)21(19-7-5-4-6-8-19)22(24(26)28)25-15-13-17(2)14-16-25/h4-12,17H,3,13-16H2,1-2H3. The number of carbonyl (C=O) groups excluding carboxylic acids is 2. The number of amides is 2.